The first kappa shape index (κ1) is 7.19. The smallest absolute Gasteiger partial charge is 0.284 e. The minimum atomic E-state index is 0.619. The van der Waals surface area contributed by atoms with Gasteiger partial charge in [0.25, 0.3) is 5.95 Å². The molecule has 1 aromatic rings. The zero-order chi connectivity index (χ0) is 7.23. The Balaban J connectivity index is 2.15. The average molecular weight is 140 g/mol. The molecular formula is C8H12O2. The molecule has 2 nitrogen and oxygen atoms in total. The van der Waals surface area contributed by atoms with Crippen molar-refractivity contribution >= 4 is 0 Å². The summed E-state index contributed by atoms with van der Waals surface area (Å²) in [5.41, 5.74) is 0. The van der Waals surface area contributed by atoms with E-state index in [1.807, 2.05) is 12.1 Å². The summed E-state index contributed by atoms with van der Waals surface area (Å²) in [7, 11) is 0. The van der Waals surface area contributed by atoms with Gasteiger partial charge in [0.2, 0.25) is 0 Å². The molecule has 0 aliphatic rings. The van der Waals surface area contributed by atoms with E-state index in [9.17, 15) is 0 Å². The van der Waals surface area contributed by atoms with Gasteiger partial charge in [0.1, 0.15) is 0 Å². The summed E-state index contributed by atoms with van der Waals surface area (Å²) in [5.74, 6) is 0.619. The van der Waals surface area contributed by atoms with E-state index in [0.29, 0.717) is 5.95 Å². The number of rotatable bonds is 4. The minimum Gasteiger partial charge on any atom is -0.465 e. The molecule has 56 valence electrons. The first-order valence-corrected chi connectivity index (χ1v) is 3.60. The van der Waals surface area contributed by atoms with Crippen LogP contribution in [-0.2, 0) is 0 Å². The number of hydrogen-bond acceptors (Lipinski definition) is 2. The summed E-state index contributed by atoms with van der Waals surface area (Å²) < 4.78 is 10.2. The fraction of sp³-hybridized carbons (Fsp3) is 0.500. The molecule has 1 heterocycles. The maximum Gasteiger partial charge on any atom is 0.284 e. The summed E-state index contributed by atoms with van der Waals surface area (Å²) in [6.45, 7) is 2.88. The second-order valence-corrected chi connectivity index (χ2v) is 2.13. The van der Waals surface area contributed by atoms with Gasteiger partial charge in [-0.15, -0.1) is 0 Å². The molecule has 0 aliphatic heterocycles. The zero-order valence-corrected chi connectivity index (χ0v) is 6.17. The van der Waals surface area contributed by atoms with E-state index in [1.54, 1.807) is 6.26 Å². The van der Waals surface area contributed by atoms with Crippen LogP contribution in [-0.4, -0.2) is 6.61 Å². The fourth-order valence-corrected chi connectivity index (χ4v) is 0.663. The summed E-state index contributed by atoms with van der Waals surface area (Å²) >= 11 is 0. The second kappa shape index (κ2) is 3.99. The molecule has 0 unspecified atom stereocenters. The van der Waals surface area contributed by atoms with Crippen LogP contribution in [0.5, 0.6) is 5.95 Å². The van der Waals surface area contributed by atoms with Crippen LogP contribution in [0, 0.1) is 0 Å². The standard InChI is InChI=1S/C8H12O2/c1-2-3-6-9-8-5-4-7-10-8/h4-5,7H,2-3,6H2,1H3. The van der Waals surface area contributed by atoms with Crippen LogP contribution in [0.3, 0.4) is 0 Å². The van der Waals surface area contributed by atoms with Gasteiger partial charge < -0.3 is 9.15 Å². The Kier molecular flexibility index (Phi) is 2.87. The highest BCUT2D eigenvalue weighted by Crippen LogP contribution is 2.09. The summed E-state index contributed by atoms with van der Waals surface area (Å²) in [6, 6.07) is 3.64. The van der Waals surface area contributed by atoms with Gasteiger partial charge in [-0.25, -0.2) is 0 Å². The molecule has 0 aromatic carbocycles. The van der Waals surface area contributed by atoms with Crippen molar-refractivity contribution in [2.45, 2.75) is 19.8 Å². The normalized spacial score (nSPS) is 9.70. The molecule has 0 aliphatic carbocycles. The Morgan fingerprint density at radius 3 is 3.10 bits per heavy atom. The predicted molar refractivity (Wildman–Crippen MR) is 39.1 cm³/mol. The fourth-order valence-electron chi connectivity index (χ4n) is 0.663. The maximum absolute atomic E-state index is 5.22. The quantitative estimate of drug-likeness (QED) is 0.599. The molecule has 0 spiro atoms. The molecule has 0 bridgehead atoms. The molecule has 0 saturated carbocycles. The lowest BCUT2D eigenvalue weighted by atomic mass is 10.4. The third-order valence-corrected chi connectivity index (χ3v) is 1.24. The van der Waals surface area contributed by atoms with Gasteiger partial charge >= 0.3 is 0 Å². The van der Waals surface area contributed by atoms with Crippen molar-refractivity contribution in [1.29, 1.82) is 0 Å². The molecule has 0 N–H and O–H groups in total. The summed E-state index contributed by atoms with van der Waals surface area (Å²) in [4.78, 5) is 0. The molecule has 0 fully saturated rings. The molecule has 2 heteroatoms. The predicted octanol–water partition coefficient (Wildman–Crippen LogP) is 2.46. The highest BCUT2D eigenvalue weighted by molar-refractivity contribution is 5.03. The van der Waals surface area contributed by atoms with E-state index in [2.05, 4.69) is 6.92 Å². The third kappa shape index (κ3) is 2.13. The summed E-state index contributed by atoms with van der Waals surface area (Å²) in [5, 5.41) is 0. The second-order valence-electron chi connectivity index (χ2n) is 2.13. The van der Waals surface area contributed by atoms with Crippen molar-refractivity contribution in [3.8, 4) is 5.95 Å². The maximum atomic E-state index is 5.22. The van der Waals surface area contributed by atoms with Crippen LogP contribution in [0.2, 0.25) is 0 Å². The lowest BCUT2D eigenvalue weighted by molar-refractivity contribution is 0.238. The molecular weight excluding hydrogens is 128 g/mol. The van der Waals surface area contributed by atoms with Crippen molar-refractivity contribution < 1.29 is 9.15 Å². The van der Waals surface area contributed by atoms with Crippen LogP contribution in [0.15, 0.2) is 22.8 Å². The van der Waals surface area contributed by atoms with E-state index in [4.69, 9.17) is 9.15 Å². The number of unbranched alkanes of at least 4 members (excludes halogenated alkanes) is 1. The molecule has 0 radical (unpaired) electrons. The monoisotopic (exact) mass is 140 g/mol. The van der Waals surface area contributed by atoms with Gasteiger partial charge in [0.05, 0.1) is 12.9 Å². The molecule has 1 rings (SSSR count). The largest absolute Gasteiger partial charge is 0.465 e. The Bertz CT molecular complexity index is 156. The van der Waals surface area contributed by atoms with Crippen LogP contribution in [0.1, 0.15) is 19.8 Å². The third-order valence-electron chi connectivity index (χ3n) is 1.24. The van der Waals surface area contributed by atoms with E-state index >= 15 is 0 Å². The van der Waals surface area contributed by atoms with Gasteiger partial charge in [0, 0.05) is 6.07 Å². The first-order valence-electron chi connectivity index (χ1n) is 3.60. The van der Waals surface area contributed by atoms with Gasteiger partial charge in [-0.1, -0.05) is 13.3 Å². The van der Waals surface area contributed by atoms with Crippen LogP contribution in [0.25, 0.3) is 0 Å². The highest BCUT2D eigenvalue weighted by atomic mass is 16.6. The first-order chi connectivity index (χ1) is 4.93. The SMILES string of the molecule is CCCCOc1ccco1. The number of hydrogen-bond donors (Lipinski definition) is 0. The topological polar surface area (TPSA) is 22.4 Å². The van der Waals surface area contributed by atoms with Gasteiger partial charge in [-0.2, -0.15) is 0 Å². The molecule has 1 aromatic heterocycles. The van der Waals surface area contributed by atoms with Crippen molar-refractivity contribution in [3.05, 3.63) is 18.4 Å². The molecule has 0 amide bonds. The van der Waals surface area contributed by atoms with Crippen molar-refractivity contribution in [2.24, 2.45) is 0 Å². The minimum absolute atomic E-state index is 0.619. The summed E-state index contributed by atoms with van der Waals surface area (Å²) in [6.07, 6.45) is 3.85. The molecule has 10 heavy (non-hydrogen) atoms. The Morgan fingerprint density at radius 1 is 1.60 bits per heavy atom. The van der Waals surface area contributed by atoms with E-state index < -0.39 is 0 Å². The molecule has 0 saturated heterocycles. The Hall–Kier alpha value is -0.920. The van der Waals surface area contributed by atoms with E-state index in [0.717, 1.165) is 19.4 Å². The van der Waals surface area contributed by atoms with Crippen LogP contribution in [0.4, 0.5) is 0 Å². The van der Waals surface area contributed by atoms with Crippen LogP contribution < -0.4 is 4.74 Å². The van der Waals surface area contributed by atoms with Gasteiger partial charge in [-0.3, -0.25) is 0 Å². The van der Waals surface area contributed by atoms with Crippen molar-refractivity contribution in [3.63, 3.8) is 0 Å². The zero-order valence-electron chi connectivity index (χ0n) is 6.17. The highest BCUT2D eigenvalue weighted by Gasteiger charge is 1.92. The van der Waals surface area contributed by atoms with E-state index in [-0.39, 0.29) is 0 Å². The number of furan rings is 1. The van der Waals surface area contributed by atoms with E-state index in [1.165, 1.54) is 0 Å². The van der Waals surface area contributed by atoms with Crippen LogP contribution >= 0.6 is 0 Å². The van der Waals surface area contributed by atoms with Crippen molar-refractivity contribution in [2.75, 3.05) is 6.61 Å². The van der Waals surface area contributed by atoms with Crippen molar-refractivity contribution in [1.82, 2.24) is 0 Å². The number of ether oxygens (including phenoxy) is 1. The lowest BCUT2D eigenvalue weighted by Crippen LogP contribution is -1.94. The Labute approximate surface area is 60.8 Å². The van der Waals surface area contributed by atoms with Gasteiger partial charge in [-0.05, 0) is 12.5 Å². The lowest BCUT2D eigenvalue weighted by Gasteiger charge is -1.98. The van der Waals surface area contributed by atoms with Gasteiger partial charge in [0.15, 0.2) is 0 Å². The average Bonchev–Trinajstić information content (AvgIpc) is 2.41. The Morgan fingerprint density at radius 2 is 2.50 bits per heavy atom. The molecule has 0 atom stereocenters.